The lowest BCUT2D eigenvalue weighted by molar-refractivity contribution is 0.0715. The number of hydrogen-bond acceptors (Lipinski definition) is 4. The number of likely N-dealkylation sites (N-methyl/N-ethyl adjacent to an activating group) is 1. The third kappa shape index (κ3) is 3.79. The van der Waals surface area contributed by atoms with Crippen LogP contribution in [-0.4, -0.2) is 47.0 Å². The quantitative estimate of drug-likeness (QED) is 0.916. The van der Waals surface area contributed by atoms with Crippen LogP contribution in [-0.2, 0) is 0 Å². The maximum Gasteiger partial charge on any atom is 0.261 e. The number of nitrogens with one attached hydrogen (secondary N) is 1. The van der Waals surface area contributed by atoms with E-state index in [1.165, 1.54) is 0 Å². The minimum atomic E-state index is -0.314. The topological polar surface area (TPSA) is 69.3 Å². The van der Waals surface area contributed by atoms with Gasteiger partial charge in [-0.25, -0.2) is 4.98 Å². The van der Waals surface area contributed by atoms with Crippen molar-refractivity contribution in [1.82, 2.24) is 14.9 Å². The summed E-state index contributed by atoms with van der Waals surface area (Å²) in [6, 6.07) is 9.38. The smallest absolute Gasteiger partial charge is 0.261 e. The van der Waals surface area contributed by atoms with Crippen molar-refractivity contribution in [2.75, 3.05) is 25.0 Å². The molecule has 3 rings (SSSR count). The van der Waals surface area contributed by atoms with Gasteiger partial charge in [0, 0.05) is 38.1 Å². The molecular formula is C20H26N4O2. The molecule has 0 aromatic carbocycles. The number of amides is 1. The summed E-state index contributed by atoms with van der Waals surface area (Å²) >= 11 is 0. The highest BCUT2D eigenvalue weighted by molar-refractivity contribution is 5.94. The van der Waals surface area contributed by atoms with E-state index in [1.54, 1.807) is 24.2 Å². The molecule has 1 aliphatic heterocycles. The second-order valence-corrected chi connectivity index (χ2v) is 7.16. The Morgan fingerprint density at radius 2 is 2.12 bits per heavy atom. The average Bonchev–Trinajstić information content (AvgIpc) is 2.67. The lowest BCUT2D eigenvalue weighted by atomic mass is 10.0. The maximum atomic E-state index is 12.9. The number of H-pyrrole nitrogens is 1. The van der Waals surface area contributed by atoms with E-state index in [4.69, 9.17) is 0 Å². The van der Waals surface area contributed by atoms with E-state index >= 15 is 0 Å². The number of carbonyl (C=O) groups is 1. The first-order valence-corrected chi connectivity index (χ1v) is 9.13. The highest BCUT2D eigenvalue weighted by Gasteiger charge is 2.28. The number of piperidine rings is 1. The predicted molar refractivity (Wildman–Crippen MR) is 103 cm³/mol. The minimum absolute atomic E-state index is 0.0578. The number of rotatable bonds is 4. The van der Waals surface area contributed by atoms with E-state index in [2.05, 4.69) is 14.9 Å². The van der Waals surface area contributed by atoms with Crippen molar-refractivity contribution in [3.8, 4) is 0 Å². The van der Waals surface area contributed by atoms with Crippen molar-refractivity contribution < 1.29 is 4.79 Å². The van der Waals surface area contributed by atoms with Gasteiger partial charge in [0.15, 0.2) is 0 Å². The van der Waals surface area contributed by atoms with Crippen molar-refractivity contribution in [3.63, 3.8) is 0 Å². The fraction of sp³-hybridized carbons (Fsp3) is 0.450. The van der Waals surface area contributed by atoms with Crippen molar-refractivity contribution in [2.45, 2.75) is 38.6 Å². The Morgan fingerprint density at radius 1 is 1.31 bits per heavy atom. The zero-order valence-electron chi connectivity index (χ0n) is 15.6. The summed E-state index contributed by atoms with van der Waals surface area (Å²) in [5.41, 5.74) is 0.727. The molecule has 138 valence electrons. The van der Waals surface area contributed by atoms with Gasteiger partial charge in [-0.05, 0) is 43.0 Å². The Morgan fingerprint density at radius 3 is 2.77 bits per heavy atom. The second kappa shape index (κ2) is 7.72. The van der Waals surface area contributed by atoms with Crippen LogP contribution in [0.25, 0.3) is 0 Å². The Kier molecular flexibility index (Phi) is 5.40. The number of hydrogen-bond donors (Lipinski definition) is 1. The van der Waals surface area contributed by atoms with Crippen molar-refractivity contribution in [3.05, 3.63) is 58.1 Å². The van der Waals surface area contributed by atoms with Gasteiger partial charge >= 0.3 is 0 Å². The van der Waals surface area contributed by atoms with Crippen LogP contribution in [0, 0.1) is 0 Å². The zero-order valence-corrected chi connectivity index (χ0v) is 15.6. The molecule has 1 fully saturated rings. The molecule has 1 atom stereocenters. The largest absolute Gasteiger partial charge is 0.355 e. The standard InChI is InChI=1S/C20H26N4O2/c1-14(2)17-10-9-16(19(25)22-17)20(26)23(3)15-7-6-12-24(13-15)18-8-4-5-11-21-18/h4-5,8-11,14-15H,6-7,12-13H2,1-3H3,(H,22,25)/t15-/m0/s1. The van der Waals surface area contributed by atoms with Crippen LogP contribution < -0.4 is 10.5 Å². The highest BCUT2D eigenvalue weighted by atomic mass is 16.2. The molecule has 0 aliphatic carbocycles. The van der Waals surface area contributed by atoms with Crippen LogP contribution in [0.2, 0.25) is 0 Å². The number of anilines is 1. The van der Waals surface area contributed by atoms with E-state index in [1.807, 2.05) is 38.1 Å². The van der Waals surface area contributed by atoms with E-state index in [9.17, 15) is 9.59 Å². The number of carbonyl (C=O) groups excluding carboxylic acids is 1. The molecule has 0 unspecified atom stereocenters. The normalized spacial score (nSPS) is 17.4. The van der Waals surface area contributed by atoms with Gasteiger partial charge in [-0.3, -0.25) is 9.59 Å². The van der Waals surface area contributed by atoms with Crippen LogP contribution in [0.1, 0.15) is 48.7 Å². The lowest BCUT2D eigenvalue weighted by Crippen LogP contribution is -2.49. The number of aromatic amines is 1. The molecule has 2 aromatic rings. The van der Waals surface area contributed by atoms with E-state index in [0.29, 0.717) is 0 Å². The zero-order chi connectivity index (χ0) is 18.7. The summed E-state index contributed by atoms with van der Waals surface area (Å²) in [4.78, 5) is 36.3. The van der Waals surface area contributed by atoms with Crippen molar-refractivity contribution >= 4 is 11.7 Å². The lowest BCUT2D eigenvalue weighted by Gasteiger charge is -2.38. The van der Waals surface area contributed by atoms with Crippen LogP contribution in [0.5, 0.6) is 0 Å². The monoisotopic (exact) mass is 354 g/mol. The summed E-state index contributed by atoms with van der Waals surface area (Å²) in [6.07, 6.45) is 3.69. The van der Waals surface area contributed by atoms with Crippen LogP contribution >= 0.6 is 0 Å². The molecule has 1 amide bonds. The van der Waals surface area contributed by atoms with Gasteiger partial charge in [0.1, 0.15) is 11.4 Å². The van der Waals surface area contributed by atoms with E-state index in [0.717, 1.165) is 37.4 Å². The Hall–Kier alpha value is -2.63. The molecule has 6 nitrogen and oxygen atoms in total. The molecule has 26 heavy (non-hydrogen) atoms. The SMILES string of the molecule is CC(C)c1ccc(C(=O)N(C)[C@H]2CCCN(c3ccccn3)C2)c(=O)[nH]1. The Balaban J connectivity index is 1.75. The van der Waals surface area contributed by atoms with Gasteiger partial charge in [-0.15, -0.1) is 0 Å². The fourth-order valence-corrected chi connectivity index (χ4v) is 3.37. The number of aromatic nitrogens is 2. The first-order chi connectivity index (χ1) is 12.5. The fourth-order valence-electron chi connectivity index (χ4n) is 3.37. The summed E-state index contributed by atoms with van der Waals surface area (Å²) in [6.45, 7) is 5.67. The van der Waals surface area contributed by atoms with Crippen LogP contribution in [0.3, 0.4) is 0 Å². The first-order valence-electron chi connectivity index (χ1n) is 9.13. The van der Waals surface area contributed by atoms with Gasteiger partial charge in [0.05, 0.1) is 0 Å². The van der Waals surface area contributed by atoms with Crippen molar-refractivity contribution in [2.24, 2.45) is 0 Å². The molecule has 3 heterocycles. The minimum Gasteiger partial charge on any atom is -0.355 e. The van der Waals surface area contributed by atoms with E-state index in [-0.39, 0.29) is 29.0 Å². The average molecular weight is 354 g/mol. The van der Waals surface area contributed by atoms with Crippen molar-refractivity contribution in [1.29, 1.82) is 0 Å². The van der Waals surface area contributed by atoms with Gasteiger partial charge in [0.25, 0.3) is 11.5 Å². The molecular weight excluding hydrogens is 328 g/mol. The van der Waals surface area contributed by atoms with Gasteiger partial charge in [0.2, 0.25) is 0 Å². The van der Waals surface area contributed by atoms with Crippen LogP contribution in [0.15, 0.2) is 41.3 Å². The molecule has 0 saturated carbocycles. The molecule has 0 bridgehead atoms. The van der Waals surface area contributed by atoms with Gasteiger partial charge < -0.3 is 14.8 Å². The van der Waals surface area contributed by atoms with Gasteiger partial charge in [-0.1, -0.05) is 19.9 Å². The summed E-state index contributed by atoms with van der Waals surface area (Å²) in [5, 5.41) is 0. The number of pyridine rings is 2. The molecule has 1 aliphatic rings. The third-order valence-electron chi connectivity index (χ3n) is 5.02. The first kappa shape index (κ1) is 18.2. The highest BCUT2D eigenvalue weighted by Crippen LogP contribution is 2.21. The molecule has 1 saturated heterocycles. The van der Waals surface area contributed by atoms with Crippen LogP contribution in [0.4, 0.5) is 5.82 Å². The molecule has 6 heteroatoms. The van der Waals surface area contributed by atoms with E-state index < -0.39 is 0 Å². The van der Waals surface area contributed by atoms with Gasteiger partial charge in [-0.2, -0.15) is 0 Å². The summed E-state index contributed by atoms with van der Waals surface area (Å²) in [5.74, 6) is 0.918. The Labute approximate surface area is 153 Å². The summed E-state index contributed by atoms with van der Waals surface area (Å²) < 4.78 is 0. The molecule has 0 spiro atoms. The second-order valence-electron chi connectivity index (χ2n) is 7.16. The number of nitrogens with zero attached hydrogens (tertiary/aromatic N) is 3. The molecule has 0 radical (unpaired) electrons. The summed E-state index contributed by atoms with van der Waals surface area (Å²) in [7, 11) is 1.78. The molecule has 1 N–H and O–H groups in total. The predicted octanol–water partition coefficient (Wildman–Crippen LogP) is 2.63. The molecule has 2 aromatic heterocycles. The third-order valence-corrected chi connectivity index (χ3v) is 5.02. The Bertz CT molecular complexity index is 816. The maximum absolute atomic E-state index is 12.9.